The number of nitrogens with one attached hydrogen (secondary N) is 1. The Morgan fingerprint density at radius 3 is 2.62 bits per heavy atom. The van der Waals surface area contributed by atoms with Crippen molar-refractivity contribution in [2.45, 2.75) is 0 Å². The lowest BCUT2D eigenvalue weighted by atomic mass is 10.1. The third-order valence-electron chi connectivity index (χ3n) is 1.79. The van der Waals surface area contributed by atoms with Crippen LogP contribution in [0.2, 0.25) is 5.02 Å². The van der Waals surface area contributed by atoms with Crippen LogP contribution in [-0.2, 0) is 0 Å². The van der Waals surface area contributed by atoms with Crippen molar-refractivity contribution in [1.29, 1.82) is 0 Å². The van der Waals surface area contributed by atoms with Crippen molar-refractivity contribution in [3.05, 3.63) is 32.8 Å². The van der Waals surface area contributed by atoms with Gasteiger partial charge in [-0.25, -0.2) is 0 Å². The third kappa shape index (κ3) is 1.17. The van der Waals surface area contributed by atoms with Crippen LogP contribution in [0, 0.1) is 0 Å². The highest BCUT2D eigenvalue weighted by Crippen LogP contribution is 2.31. The molecule has 1 aliphatic rings. The van der Waals surface area contributed by atoms with Crippen LogP contribution in [0.15, 0.2) is 16.6 Å². The summed E-state index contributed by atoms with van der Waals surface area (Å²) in [6, 6.07) is 3.20. The Balaban J connectivity index is 2.78. The lowest BCUT2D eigenvalue weighted by molar-refractivity contribution is 0.0879. The molecule has 0 bridgehead atoms. The number of carbonyl (C=O) groups is 2. The van der Waals surface area contributed by atoms with Gasteiger partial charge in [-0.1, -0.05) is 11.6 Å². The summed E-state index contributed by atoms with van der Waals surface area (Å²) in [5.74, 6) is -0.833. The van der Waals surface area contributed by atoms with Gasteiger partial charge in [0.15, 0.2) is 0 Å². The minimum absolute atomic E-state index is 0.251. The first kappa shape index (κ1) is 8.72. The Morgan fingerprint density at radius 2 is 1.92 bits per heavy atom. The van der Waals surface area contributed by atoms with Crippen LogP contribution >= 0.6 is 27.5 Å². The first-order valence-electron chi connectivity index (χ1n) is 3.45. The monoisotopic (exact) mass is 259 g/mol. The third-order valence-corrected chi connectivity index (χ3v) is 3.08. The van der Waals surface area contributed by atoms with Gasteiger partial charge in [0.2, 0.25) is 0 Å². The fourth-order valence-electron chi connectivity index (χ4n) is 1.19. The largest absolute Gasteiger partial charge is 0.288 e. The number of imide groups is 1. The van der Waals surface area contributed by atoms with Gasteiger partial charge >= 0.3 is 0 Å². The van der Waals surface area contributed by atoms with Crippen LogP contribution in [0.5, 0.6) is 0 Å². The van der Waals surface area contributed by atoms with Crippen molar-refractivity contribution in [2.75, 3.05) is 0 Å². The number of carbonyl (C=O) groups excluding carboxylic acids is 2. The topological polar surface area (TPSA) is 46.2 Å². The Hall–Kier alpha value is -0.870. The molecule has 1 aromatic carbocycles. The summed E-state index contributed by atoms with van der Waals surface area (Å²) < 4.78 is 0.609. The van der Waals surface area contributed by atoms with Crippen molar-refractivity contribution in [3.8, 4) is 0 Å². The van der Waals surface area contributed by atoms with Crippen LogP contribution < -0.4 is 5.32 Å². The van der Waals surface area contributed by atoms with E-state index in [0.29, 0.717) is 10.0 Å². The second-order valence-corrected chi connectivity index (χ2v) is 3.80. The number of benzene rings is 1. The van der Waals surface area contributed by atoms with Crippen molar-refractivity contribution >= 4 is 39.3 Å². The highest BCUT2D eigenvalue weighted by Gasteiger charge is 2.29. The van der Waals surface area contributed by atoms with E-state index in [1.54, 1.807) is 12.1 Å². The van der Waals surface area contributed by atoms with Crippen LogP contribution in [-0.4, -0.2) is 11.8 Å². The number of halogens is 2. The maximum Gasteiger partial charge on any atom is 0.260 e. The Labute approximate surface area is 87.2 Å². The van der Waals surface area contributed by atoms with Gasteiger partial charge in [-0.05, 0) is 28.1 Å². The van der Waals surface area contributed by atoms with Crippen molar-refractivity contribution in [3.63, 3.8) is 0 Å². The molecule has 2 rings (SSSR count). The molecule has 1 N–H and O–H groups in total. The number of rotatable bonds is 0. The summed E-state index contributed by atoms with van der Waals surface area (Å²) in [5.41, 5.74) is 0.583. The lowest BCUT2D eigenvalue weighted by Gasteiger charge is -1.99. The molecule has 2 amide bonds. The quantitative estimate of drug-likeness (QED) is 0.725. The molecule has 1 heterocycles. The SMILES string of the molecule is O=C1NC(=O)c2c1ccc(Br)c2Cl. The second-order valence-electron chi connectivity index (χ2n) is 2.57. The lowest BCUT2D eigenvalue weighted by Crippen LogP contribution is -2.20. The normalized spacial score (nSPS) is 14.3. The molecule has 0 aromatic heterocycles. The summed E-state index contributed by atoms with van der Waals surface area (Å²) in [6.07, 6.45) is 0. The molecule has 5 heteroatoms. The first-order valence-corrected chi connectivity index (χ1v) is 4.62. The second kappa shape index (κ2) is 2.82. The van der Waals surface area contributed by atoms with E-state index in [2.05, 4.69) is 21.2 Å². The Bertz CT molecular complexity index is 430. The summed E-state index contributed by atoms with van der Waals surface area (Å²) in [7, 11) is 0. The van der Waals surface area contributed by atoms with Crippen LogP contribution in [0.25, 0.3) is 0 Å². The van der Waals surface area contributed by atoms with Crippen molar-refractivity contribution < 1.29 is 9.59 Å². The average Bonchev–Trinajstić information content (AvgIpc) is 2.35. The molecule has 0 saturated carbocycles. The molecular formula is C8H3BrClNO2. The van der Waals surface area contributed by atoms with Gasteiger partial charge in [0.1, 0.15) is 0 Å². The van der Waals surface area contributed by atoms with Crippen molar-refractivity contribution in [2.24, 2.45) is 0 Å². The standard InChI is InChI=1S/C8H3BrClNO2/c9-4-2-1-3-5(6(4)10)8(13)11-7(3)12/h1-2H,(H,11,12,13). The predicted molar refractivity (Wildman–Crippen MR) is 50.9 cm³/mol. The van der Waals surface area contributed by atoms with E-state index in [1.807, 2.05) is 0 Å². The molecule has 1 aliphatic heterocycles. The van der Waals surface area contributed by atoms with E-state index in [1.165, 1.54) is 0 Å². The summed E-state index contributed by atoms with van der Waals surface area (Å²) >= 11 is 9.01. The molecule has 0 aliphatic carbocycles. The fraction of sp³-hybridized carbons (Fsp3) is 0. The summed E-state index contributed by atoms with van der Waals surface area (Å²) in [4.78, 5) is 22.3. The molecule has 3 nitrogen and oxygen atoms in total. The molecule has 0 unspecified atom stereocenters. The van der Waals surface area contributed by atoms with E-state index in [4.69, 9.17) is 11.6 Å². The van der Waals surface area contributed by atoms with Gasteiger partial charge < -0.3 is 0 Å². The maximum atomic E-state index is 11.2. The number of amides is 2. The highest BCUT2D eigenvalue weighted by atomic mass is 79.9. The molecule has 0 fully saturated rings. The molecule has 1 aromatic rings. The van der Waals surface area contributed by atoms with Gasteiger partial charge in [0, 0.05) is 4.47 Å². The zero-order chi connectivity index (χ0) is 9.59. The van der Waals surface area contributed by atoms with E-state index >= 15 is 0 Å². The number of hydrogen-bond acceptors (Lipinski definition) is 2. The maximum absolute atomic E-state index is 11.2. The summed E-state index contributed by atoms with van der Waals surface area (Å²) in [5, 5.41) is 2.45. The number of fused-ring (bicyclic) bond motifs is 1. The van der Waals surface area contributed by atoms with Gasteiger partial charge in [-0.3, -0.25) is 14.9 Å². The van der Waals surface area contributed by atoms with Gasteiger partial charge in [-0.15, -0.1) is 0 Å². The van der Waals surface area contributed by atoms with Crippen molar-refractivity contribution in [1.82, 2.24) is 5.32 Å². The van der Waals surface area contributed by atoms with Gasteiger partial charge in [0.25, 0.3) is 11.8 Å². The highest BCUT2D eigenvalue weighted by molar-refractivity contribution is 9.10. The average molecular weight is 260 g/mol. The Kier molecular flexibility index (Phi) is 1.89. The molecule has 0 spiro atoms. The molecule has 13 heavy (non-hydrogen) atoms. The van der Waals surface area contributed by atoms with E-state index in [-0.39, 0.29) is 10.6 Å². The zero-order valence-electron chi connectivity index (χ0n) is 6.23. The minimum Gasteiger partial charge on any atom is -0.288 e. The van der Waals surface area contributed by atoms with Crippen LogP contribution in [0.4, 0.5) is 0 Å². The summed E-state index contributed by atoms with van der Waals surface area (Å²) in [6.45, 7) is 0. The Morgan fingerprint density at radius 1 is 1.23 bits per heavy atom. The molecule has 0 atom stereocenters. The van der Waals surface area contributed by atoms with Gasteiger partial charge in [0.05, 0.1) is 16.1 Å². The van der Waals surface area contributed by atoms with Gasteiger partial charge in [-0.2, -0.15) is 0 Å². The van der Waals surface area contributed by atoms with Crippen LogP contribution in [0.3, 0.4) is 0 Å². The minimum atomic E-state index is -0.439. The molecule has 66 valence electrons. The van der Waals surface area contributed by atoms with E-state index in [9.17, 15) is 9.59 Å². The zero-order valence-corrected chi connectivity index (χ0v) is 8.57. The first-order chi connectivity index (χ1) is 6.11. The predicted octanol–water partition coefficient (Wildman–Crippen LogP) is 1.99. The smallest absolute Gasteiger partial charge is 0.260 e. The molecule has 0 radical (unpaired) electrons. The molecular weight excluding hydrogens is 257 g/mol. The van der Waals surface area contributed by atoms with E-state index in [0.717, 1.165) is 0 Å². The fourth-order valence-corrected chi connectivity index (χ4v) is 1.78. The number of hydrogen-bond donors (Lipinski definition) is 1. The molecule has 0 saturated heterocycles. The van der Waals surface area contributed by atoms with E-state index < -0.39 is 11.8 Å². The van der Waals surface area contributed by atoms with Crippen LogP contribution in [0.1, 0.15) is 20.7 Å².